The van der Waals surface area contributed by atoms with E-state index in [9.17, 15) is 14.7 Å². The van der Waals surface area contributed by atoms with E-state index in [2.05, 4.69) is 10.3 Å². The first kappa shape index (κ1) is 15.4. The van der Waals surface area contributed by atoms with Gasteiger partial charge in [0.25, 0.3) is 5.91 Å². The van der Waals surface area contributed by atoms with Crippen LogP contribution >= 0.6 is 0 Å². The molecule has 0 spiro atoms. The van der Waals surface area contributed by atoms with E-state index in [1.165, 1.54) is 6.08 Å². The van der Waals surface area contributed by atoms with Crippen LogP contribution in [0.2, 0.25) is 0 Å². The summed E-state index contributed by atoms with van der Waals surface area (Å²) in [4.78, 5) is 27.9. The van der Waals surface area contributed by atoms with Gasteiger partial charge in [-0.2, -0.15) is 0 Å². The van der Waals surface area contributed by atoms with Crippen molar-refractivity contribution in [3.8, 4) is 0 Å². The van der Waals surface area contributed by atoms with Gasteiger partial charge in [0, 0.05) is 10.9 Å². The number of rotatable bonds is 4. The Labute approximate surface area is 138 Å². The number of para-hydroxylation sites is 1. The molecule has 0 radical (unpaired) electrons. The Bertz CT molecular complexity index is 934. The molecule has 118 valence electrons. The van der Waals surface area contributed by atoms with Crippen LogP contribution in [0.3, 0.4) is 0 Å². The quantitative estimate of drug-likeness (QED) is 0.725. The standard InChI is InChI=1S/C19H14N2O3/c22-18(14-7-2-1-3-8-14)21-17(19(23)24)12-15-11-10-13-6-4-5-9-16(13)20-15/h1-12H,(H,21,22)(H,23,24)/b17-12-. The summed E-state index contributed by atoms with van der Waals surface area (Å²) in [5.74, 6) is -1.71. The predicted octanol–water partition coefficient (Wildman–Crippen LogP) is 3.09. The zero-order valence-electron chi connectivity index (χ0n) is 12.6. The number of hydrogen-bond acceptors (Lipinski definition) is 3. The third-order valence-corrected chi connectivity index (χ3v) is 3.43. The summed E-state index contributed by atoms with van der Waals surface area (Å²) in [5.41, 5.74) is 1.37. The summed E-state index contributed by atoms with van der Waals surface area (Å²) in [6.07, 6.45) is 1.34. The summed E-state index contributed by atoms with van der Waals surface area (Å²) in [5, 5.41) is 12.7. The molecular formula is C19H14N2O3. The van der Waals surface area contributed by atoms with Crippen LogP contribution in [0, 0.1) is 0 Å². The predicted molar refractivity (Wildman–Crippen MR) is 91.3 cm³/mol. The summed E-state index contributed by atoms with van der Waals surface area (Å²) in [6, 6.07) is 19.5. The van der Waals surface area contributed by atoms with E-state index in [-0.39, 0.29) is 5.70 Å². The van der Waals surface area contributed by atoms with Crippen molar-refractivity contribution in [2.45, 2.75) is 0 Å². The molecule has 5 nitrogen and oxygen atoms in total. The van der Waals surface area contributed by atoms with Gasteiger partial charge in [-0.1, -0.05) is 42.5 Å². The molecular weight excluding hydrogens is 304 g/mol. The number of carboxylic acid groups (broad SMARTS) is 1. The third-order valence-electron chi connectivity index (χ3n) is 3.43. The Morgan fingerprint density at radius 2 is 1.62 bits per heavy atom. The molecule has 5 heteroatoms. The van der Waals surface area contributed by atoms with Crippen LogP contribution in [0.15, 0.2) is 72.4 Å². The highest BCUT2D eigenvalue weighted by Crippen LogP contribution is 2.13. The minimum atomic E-state index is -1.23. The average Bonchev–Trinajstić information content (AvgIpc) is 2.61. The van der Waals surface area contributed by atoms with Gasteiger partial charge in [0.15, 0.2) is 0 Å². The number of carbonyl (C=O) groups is 2. The van der Waals surface area contributed by atoms with E-state index in [1.54, 1.807) is 36.4 Å². The number of carboxylic acids is 1. The molecule has 0 atom stereocenters. The molecule has 1 heterocycles. The highest BCUT2D eigenvalue weighted by molar-refractivity contribution is 6.02. The van der Waals surface area contributed by atoms with E-state index in [0.29, 0.717) is 11.3 Å². The monoisotopic (exact) mass is 318 g/mol. The van der Waals surface area contributed by atoms with Crippen molar-refractivity contribution in [3.05, 3.63) is 83.7 Å². The maximum atomic E-state index is 12.1. The number of fused-ring (bicyclic) bond motifs is 1. The molecule has 3 rings (SSSR count). The van der Waals surface area contributed by atoms with Crippen molar-refractivity contribution in [2.24, 2.45) is 0 Å². The number of carbonyl (C=O) groups excluding carboxylic acids is 1. The maximum absolute atomic E-state index is 12.1. The van der Waals surface area contributed by atoms with E-state index in [4.69, 9.17) is 0 Å². The topological polar surface area (TPSA) is 79.3 Å². The van der Waals surface area contributed by atoms with E-state index in [1.807, 2.05) is 30.3 Å². The van der Waals surface area contributed by atoms with Crippen LogP contribution in [0.1, 0.15) is 16.1 Å². The second-order valence-corrected chi connectivity index (χ2v) is 5.11. The normalized spacial score (nSPS) is 11.2. The number of benzene rings is 2. The van der Waals surface area contributed by atoms with Crippen LogP contribution in [-0.4, -0.2) is 22.0 Å². The van der Waals surface area contributed by atoms with Crippen LogP contribution < -0.4 is 5.32 Å². The fourth-order valence-corrected chi connectivity index (χ4v) is 2.25. The lowest BCUT2D eigenvalue weighted by Crippen LogP contribution is -2.27. The average molecular weight is 318 g/mol. The maximum Gasteiger partial charge on any atom is 0.352 e. The summed E-state index contributed by atoms with van der Waals surface area (Å²) >= 11 is 0. The molecule has 1 amide bonds. The second-order valence-electron chi connectivity index (χ2n) is 5.11. The van der Waals surface area contributed by atoms with Gasteiger partial charge in [0.1, 0.15) is 5.70 Å². The van der Waals surface area contributed by atoms with Gasteiger partial charge >= 0.3 is 5.97 Å². The van der Waals surface area contributed by atoms with Crippen molar-refractivity contribution in [1.82, 2.24) is 10.3 Å². The molecule has 24 heavy (non-hydrogen) atoms. The lowest BCUT2D eigenvalue weighted by molar-refractivity contribution is -0.132. The Morgan fingerprint density at radius 3 is 2.38 bits per heavy atom. The zero-order valence-corrected chi connectivity index (χ0v) is 12.6. The molecule has 0 aliphatic heterocycles. The van der Waals surface area contributed by atoms with Gasteiger partial charge in [-0.15, -0.1) is 0 Å². The van der Waals surface area contributed by atoms with Crippen LogP contribution in [-0.2, 0) is 4.79 Å². The van der Waals surface area contributed by atoms with E-state index >= 15 is 0 Å². The van der Waals surface area contributed by atoms with Gasteiger partial charge in [-0.3, -0.25) is 4.79 Å². The molecule has 1 aromatic heterocycles. The number of hydrogen-bond donors (Lipinski definition) is 2. The number of aromatic nitrogens is 1. The Kier molecular flexibility index (Phi) is 4.34. The largest absolute Gasteiger partial charge is 0.477 e. The molecule has 0 unspecified atom stereocenters. The molecule has 3 aromatic rings. The molecule has 0 aliphatic carbocycles. The number of pyridine rings is 1. The Morgan fingerprint density at radius 1 is 0.917 bits per heavy atom. The van der Waals surface area contributed by atoms with E-state index in [0.717, 1.165) is 10.9 Å². The van der Waals surface area contributed by atoms with Gasteiger partial charge in [-0.25, -0.2) is 9.78 Å². The highest BCUT2D eigenvalue weighted by atomic mass is 16.4. The van der Waals surface area contributed by atoms with Crippen LogP contribution in [0.4, 0.5) is 0 Å². The number of aliphatic carboxylic acids is 1. The van der Waals surface area contributed by atoms with Gasteiger partial charge in [-0.05, 0) is 30.3 Å². The van der Waals surface area contributed by atoms with Crippen LogP contribution in [0.5, 0.6) is 0 Å². The number of nitrogens with zero attached hydrogens (tertiary/aromatic N) is 1. The Hall–Kier alpha value is -3.47. The first-order valence-electron chi connectivity index (χ1n) is 7.31. The molecule has 0 saturated carbocycles. The van der Waals surface area contributed by atoms with Gasteiger partial charge in [0.05, 0.1) is 11.2 Å². The zero-order chi connectivity index (χ0) is 16.9. The lowest BCUT2D eigenvalue weighted by Gasteiger charge is -2.06. The molecule has 2 aromatic carbocycles. The minimum absolute atomic E-state index is 0.230. The summed E-state index contributed by atoms with van der Waals surface area (Å²) in [7, 11) is 0. The van der Waals surface area contributed by atoms with Crippen molar-refractivity contribution < 1.29 is 14.7 Å². The number of nitrogens with one attached hydrogen (secondary N) is 1. The summed E-state index contributed by atoms with van der Waals surface area (Å²) < 4.78 is 0. The lowest BCUT2D eigenvalue weighted by atomic mass is 10.2. The van der Waals surface area contributed by atoms with Crippen molar-refractivity contribution >= 4 is 28.9 Å². The SMILES string of the molecule is O=C(O)/C(=C/c1ccc2ccccc2n1)NC(=O)c1ccccc1. The van der Waals surface area contributed by atoms with Gasteiger partial charge in [0.2, 0.25) is 0 Å². The van der Waals surface area contributed by atoms with Crippen molar-refractivity contribution in [2.75, 3.05) is 0 Å². The highest BCUT2D eigenvalue weighted by Gasteiger charge is 2.13. The second kappa shape index (κ2) is 6.75. The van der Waals surface area contributed by atoms with Crippen molar-refractivity contribution in [1.29, 1.82) is 0 Å². The molecule has 0 fully saturated rings. The smallest absolute Gasteiger partial charge is 0.352 e. The molecule has 0 bridgehead atoms. The first-order valence-corrected chi connectivity index (χ1v) is 7.31. The first-order chi connectivity index (χ1) is 11.6. The molecule has 0 saturated heterocycles. The summed E-state index contributed by atoms with van der Waals surface area (Å²) in [6.45, 7) is 0. The third kappa shape index (κ3) is 3.47. The minimum Gasteiger partial charge on any atom is -0.477 e. The van der Waals surface area contributed by atoms with Crippen LogP contribution in [0.25, 0.3) is 17.0 Å². The Balaban J connectivity index is 1.90. The van der Waals surface area contributed by atoms with Gasteiger partial charge < -0.3 is 10.4 Å². The number of amides is 1. The fourth-order valence-electron chi connectivity index (χ4n) is 2.25. The fraction of sp³-hybridized carbons (Fsp3) is 0. The van der Waals surface area contributed by atoms with Crippen molar-refractivity contribution in [3.63, 3.8) is 0 Å². The molecule has 0 aliphatic rings. The van der Waals surface area contributed by atoms with E-state index < -0.39 is 11.9 Å². The molecule has 2 N–H and O–H groups in total.